The van der Waals surface area contributed by atoms with E-state index in [0.717, 1.165) is 88.2 Å². The monoisotopic (exact) mass is 575 g/mol. The quantitative estimate of drug-likeness (QED) is 0.210. The first kappa shape index (κ1) is 24.4. The lowest BCUT2D eigenvalue weighted by Gasteiger charge is -2.13. The molecule has 0 amide bonds. The van der Waals surface area contributed by atoms with E-state index in [4.69, 9.17) is 8.83 Å². The Morgan fingerprint density at radius 1 is 0.378 bits per heavy atom. The Labute approximate surface area is 258 Å². The van der Waals surface area contributed by atoms with Crippen LogP contribution in [0.1, 0.15) is 0 Å². The summed E-state index contributed by atoms with van der Waals surface area (Å²) in [6, 6.07) is 53.4. The number of hydrogen-bond donors (Lipinski definition) is 0. The third-order valence-electron chi connectivity index (χ3n) is 9.21. The van der Waals surface area contributed by atoms with E-state index in [1.807, 2.05) is 0 Å². The van der Waals surface area contributed by atoms with Gasteiger partial charge in [0.15, 0.2) is 5.58 Å². The van der Waals surface area contributed by atoms with Gasteiger partial charge in [-0.05, 0) is 70.1 Å². The molecule has 0 aliphatic heterocycles. The van der Waals surface area contributed by atoms with Crippen LogP contribution in [0, 0.1) is 0 Å². The second kappa shape index (κ2) is 9.22. The lowest BCUT2D eigenvalue weighted by Crippen LogP contribution is -1.94. The van der Waals surface area contributed by atoms with Crippen LogP contribution < -0.4 is 0 Å². The second-order valence-corrected chi connectivity index (χ2v) is 11.6. The first-order valence-corrected chi connectivity index (χ1v) is 15.3. The van der Waals surface area contributed by atoms with Crippen molar-refractivity contribution in [2.24, 2.45) is 0 Å². The number of fused-ring (bicyclic) bond motifs is 10. The largest absolute Gasteiger partial charge is 0.455 e. The SMILES string of the molecule is c1ccc(-n2c3ccccc3c3oc4cccc(-c5ccccc5-c5cccc6oc7c8ccccc8ccc7c56)c4c32)cc1. The molecule has 0 saturated heterocycles. The first-order chi connectivity index (χ1) is 22.3. The number of rotatable bonds is 3. The molecule has 0 aliphatic rings. The van der Waals surface area contributed by atoms with E-state index in [0.29, 0.717) is 0 Å². The molecule has 7 aromatic carbocycles. The number of benzene rings is 7. The summed E-state index contributed by atoms with van der Waals surface area (Å²) in [5.74, 6) is 0. The van der Waals surface area contributed by atoms with Crippen molar-refractivity contribution in [2.75, 3.05) is 0 Å². The molecule has 0 bridgehead atoms. The van der Waals surface area contributed by atoms with E-state index in [9.17, 15) is 0 Å². The van der Waals surface area contributed by atoms with E-state index in [1.54, 1.807) is 0 Å². The Kier molecular flexibility index (Phi) is 5.00. The smallest absolute Gasteiger partial charge is 0.161 e. The predicted octanol–water partition coefficient (Wildman–Crippen LogP) is 11.9. The third kappa shape index (κ3) is 3.41. The molecular formula is C42H25NO2. The van der Waals surface area contributed by atoms with Crippen LogP contribution in [0.3, 0.4) is 0 Å². The molecule has 210 valence electrons. The fraction of sp³-hybridized carbons (Fsp3) is 0. The van der Waals surface area contributed by atoms with Crippen LogP contribution in [-0.2, 0) is 0 Å². The highest BCUT2D eigenvalue weighted by Crippen LogP contribution is 2.46. The molecule has 0 spiro atoms. The van der Waals surface area contributed by atoms with Crippen molar-refractivity contribution in [2.45, 2.75) is 0 Å². The van der Waals surface area contributed by atoms with Gasteiger partial charge in [0.05, 0.1) is 10.9 Å². The second-order valence-electron chi connectivity index (χ2n) is 11.6. The fourth-order valence-electron chi connectivity index (χ4n) is 7.31. The van der Waals surface area contributed by atoms with Crippen molar-refractivity contribution in [3.63, 3.8) is 0 Å². The van der Waals surface area contributed by atoms with Crippen molar-refractivity contribution >= 4 is 65.7 Å². The van der Waals surface area contributed by atoms with Gasteiger partial charge in [0.25, 0.3) is 0 Å². The van der Waals surface area contributed by atoms with Crippen molar-refractivity contribution < 1.29 is 8.83 Å². The Bertz CT molecular complexity index is 2760. The van der Waals surface area contributed by atoms with Gasteiger partial charge in [-0.15, -0.1) is 0 Å². The number of hydrogen-bond acceptors (Lipinski definition) is 2. The maximum atomic E-state index is 6.70. The fourth-order valence-corrected chi connectivity index (χ4v) is 7.31. The zero-order valence-corrected chi connectivity index (χ0v) is 24.2. The van der Waals surface area contributed by atoms with E-state index in [1.165, 1.54) is 5.39 Å². The van der Waals surface area contributed by atoms with Gasteiger partial charge in [-0.25, -0.2) is 0 Å². The Hall–Kier alpha value is -6.06. The minimum absolute atomic E-state index is 0.876. The average Bonchev–Trinajstić information content (AvgIpc) is 3.78. The van der Waals surface area contributed by atoms with Gasteiger partial charge in [-0.1, -0.05) is 109 Å². The van der Waals surface area contributed by atoms with Crippen LogP contribution in [0.15, 0.2) is 160 Å². The number of aromatic nitrogens is 1. The van der Waals surface area contributed by atoms with Crippen LogP contribution in [0.4, 0.5) is 0 Å². The molecule has 0 unspecified atom stereocenters. The van der Waals surface area contributed by atoms with E-state index in [-0.39, 0.29) is 0 Å². The van der Waals surface area contributed by atoms with Crippen LogP contribution in [0.25, 0.3) is 93.6 Å². The molecule has 0 saturated carbocycles. The van der Waals surface area contributed by atoms with Crippen LogP contribution in [0.5, 0.6) is 0 Å². The molecule has 45 heavy (non-hydrogen) atoms. The highest BCUT2D eigenvalue weighted by atomic mass is 16.3. The van der Waals surface area contributed by atoms with Gasteiger partial charge in [0.1, 0.15) is 22.3 Å². The number of para-hydroxylation sites is 2. The lowest BCUT2D eigenvalue weighted by atomic mass is 9.90. The van der Waals surface area contributed by atoms with Gasteiger partial charge in [0.2, 0.25) is 0 Å². The van der Waals surface area contributed by atoms with Gasteiger partial charge in [-0.2, -0.15) is 0 Å². The molecule has 0 fully saturated rings. The summed E-state index contributed by atoms with van der Waals surface area (Å²) < 4.78 is 15.6. The summed E-state index contributed by atoms with van der Waals surface area (Å²) in [4.78, 5) is 0. The van der Waals surface area contributed by atoms with Crippen molar-refractivity contribution in [1.82, 2.24) is 4.57 Å². The lowest BCUT2D eigenvalue weighted by molar-refractivity contribution is 0.672. The van der Waals surface area contributed by atoms with Crippen molar-refractivity contribution in [3.8, 4) is 27.9 Å². The Morgan fingerprint density at radius 2 is 0.978 bits per heavy atom. The molecule has 0 atom stereocenters. The zero-order chi connectivity index (χ0) is 29.5. The highest BCUT2D eigenvalue weighted by Gasteiger charge is 2.23. The molecular weight excluding hydrogens is 550 g/mol. The summed E-state index contributed by atoms with van der Waals surface area (Å²) in [6.07, 6.45) is 0. The molecule has 10 rings (SSSR count). The van der Waals surface area contributed by atoms with Crippen LogP contribution >= 0.6 is 0 Å². The molecule has 0 aliphatic carbocycles. The standard InChI is InChI=1S/C42H25NO2/c1-2-13-27(14-3-1)43-35-21-9-8-18-33(35)42-40(43)39-32(20-11-23-37(39)45-42)30-17-7-6-16-29(30)31-19-10-22-36-38(31)34-25-24-26-12-4-5-15-28(26)41(34)44-36/h1-25H. The number of furan rings is 2. The zero-order valence-electron chi connectivity index (χ0n) is 24.2. The minimum Gasteiger partial charge on any atom is -0.455 e. The molecule has 3 aromatic heterocycles. The third-order valence-corrected chi connectivity index (χ3v) is 9.21. The van der Waals surface area contributed by atoms with E-state index in [2.05, 4.69) is 156 Å². The summed E-state index contributed by atoms with van der Waals surface area (Å²) in [5.41, 5.74) is 11.5. The van der Waals surface area contributed by atoms with Crippen molar-refractivity contribution in [1.29, 1.82) is 0 Å². The van der Waals surface area contributed by atoms with E-state index < -0.39 is 0 Å². The molecule has 3 heteroatoms. The topological polar surface area (TPSA) is 31.2 Å². The number of nitrogens with zero attached hydrogens (tertiary/aromatic N) is 1. The molecule has 3 nitrogen and oxygen atoms in total. The van der Waals surface area contributed by atoms with Crippen LogP contribution in [0.2, 0.25) is 0 Å². The normalized spacial score (nSPS) is 12.0. The summed E-state index contributed by atoms with van der Waals surface area (Å²) in [5, 5.41) is 6.78. The maximum absolute atomic E-state index is 6.70. The molecule has 0 N–H and O–H groups in total. The van der Waals surface area contributed by atoms with Gasteiger partial charge in [0, 0.05) is 27.2 Å². The molecule has 0 radical (unpaired) electrons. The minimum atomic E-state index is 0.876. The summed E-state index contributed by atoms with van der Waals surface area (Å²) >= 11 is 0. The predicted molar refractivity (Wildman–Crippen MR) is 186 cm³/mol. The maximum Gasteiger partial charge on any atom is 0.161 e. The summed E-state index contributed by atoms with van der Waals surface area (Å²) in [6.45, 7) is 0. The highest BCUT2D eigenvalue weighted by molar-refractivity contribution is 6.23. The molecule has 3 heterocycles. The van der Waals surface area contributed by atoms with Crippen molar-refractivity contribution in [3.05, 3.63) is 152 Å². The van der Waals surface area contributed by atoms with Gasteiger partial charge >= 0.3 is 0 Å². The Morgan fingerprint density at radius 3 is 1.78 bits per heavy atom. The van der Waals surface area contributed by atoms with Crippen LogP contribution in [-0.4, -0.2) is 4.57 Å². The summed E-state index contributed by atoms with van der Waals surface area (Å²) in [7, 11) is 0. The first-order valence-electron chi connectivity index (χ1n) is 15.3. The Balaban J connectivity index is 1.31. The van der Waals surface area contributed by atoms with Gasteiger partial charge < -0.3 is 13.4 Å². The van der Waals surface area contributed by atoms with E-state index >= 15 is 0 Å². The molecule has 10 aromatic rings. The van der Waals surface area contributed by atoms with Gasteiger partial charge in [-0.3, -0.25) is 0 Å². The average molecular weight is 576 g/mol.